The number of anilines is 1. The van der Waals surface area contributed by atoms with E-state index in [1.807, 2.05) is 6.92 Å². The van der Waals surface area contributed by atoms with Crippen LogP contribution in [-0.4, -0.2) is 23.5 Å². The van der Waals surface area contributed by atoms with E-state index in [9.17, 15) is 14.9 Å². The molecule has 2 aromatic rings. The van der Waals surface area contributed by atoms with Gasteiger partial charge in [-0.3, -0.25) is 14.9 Å². The van der Waals surface area contributed by atoms with E-state index in [1.165, 1.54) is 31.2 Å². The molecule has 144 valence electrons. The van der Waals surface area contributed by atoms with Crippen LogP contribution in [0.3, 0.4) is 0 Å². The van der Waals surface area contributed by atoms with Crippen LogP contribution in [0.15, 0.2) is 36.4 Å². The molecule has 0 spiro atoms. The van der Waals surface area contributed by atoms with Gasteiger partial charge < -0.3 is 14.8 Å². The maximum Gasteiger partial charge on any atom is 0.296 e. The largest absolute Gasteiger partial charge is 0.493 e. The summed E-state index contributed by atoms with van der Waals surface area (Å²) in [6, 6.07) is 8.85. The predicted octanol–water partition coefficient (Wildman–Crippen LogP) is 5.10. The average Bonchev–Trinajstić information content (AvgIpc) is 2.62. The van der Waals surface area contributed by atoms with E-state index >= 15 is 0 Å². The maximum absolute atomic E-state index is 12.4. The van der Waals surface area contributed by atoms with Gasteiger partial charge in [-0.25, -0.2) is 0 Å². The van der Waals surface area contributed by atoms with Crippen molar-refractivity contribution >= 4 is 40.5 Å². The Balaban J connectivity index is 2.12. The number of carbonyl (C=O) groups excluding carboxylic acids is 1. The smallest absolute Gasteiger partial charge is 0.296 e. The highest BCUT2D eigenvalue weighted by Gasteiger charge is 2.22. The number of nitro groups is 1. The summed E-state index contributed by atoms with van der Waals surface area (Å²) in [5.74, 6) is 0.0756. The summed E-state index contributed by atoms with van der Waals surface area (Å²) in [7, 11) is 0. The summed E-state index contributed by atoms with van der Waals surface area (Å²) in [4.78, 5) is 23.1. The number of amides is 1. The van der Waals surface area contributed by atoms with Gasteiger partial charge in [0.05, 0.1) is 22.6 Å². The molecular formula is C18H18Cl2N2O5. The molecule has 7 nitrogen and oxygen atoms in total. The summed E-state index contributed by atoms with van der Waals surface area (Å²) in [5.41, 5.74) is -0.222. The summed E-state index contributed by atoms with van der Waals surface area (Å²) in [6.07, 6.45) is -0.173. The molecule has 27 heavy (non-hydrogen) atoms. The molecule has 0 aromatic heterocycles. The van der Waals surface area contributed by atoms with Crippen LogP contribution in [0.5, 0.6) is 11.5 Å². The monoisotopic (exact) mass is 412 g/mol. The zero-order valence-electron chi connectivity index (χ0n) is 14.7. The minimum atomic E-state index is -0.945. The van der Waals surface area contributed by atoms with Gasteiger partial charge in [-0.15, -0.1) is 0 Å². The number of hydrogen-bond donors (Lipinski definition) is 1. The topological polar surface area (TPSA) is 90.7 Å². The number of nitrogens with one attached hydrogen (secondary N) is 1. The zero-order valence-corrected chi connectivity index (χ0v) is 16.2. The molecule has 1 unspecified atom stereocenters. The lowest BCUT2D eigenvalue weighted by Crippen LogP contribution is -2.30. The first-order valence-corrected chi connectivity index (χ1v) is 8.91. The van der Waals surface area contributed by atoms with Gasteiger partial charge in [0.15, 0.2) is 6.10 Å². The third-order valence-electron chi connectivity index (χ3n) is 3.46. The van der Waals surface area contributed by atoms with Gasteiger partial charge in [-0.1, -0.05) is 30.1 Å². The lowest BCUT2D eigenvalue weighted by molar-refractivity contribution is -0.384. The van der Waals surface area contributed by atoms with Gasteiger partial charge in [0.2, 0.25) is 0 Å². The fourth-order valence-corrected chi connectivity index (χ4v) is 2.58. The van der Waals surface area contributed by atoms with Crippen LogP contribution in [0.2, 0.25) is 10.0 Å². The van der Waals surface area contributed by atoms with Crippen molar-refractivity contribution in [2.75, 3.05) is 11.9 Å². The van der Waals surface area contributed by atoms with E-state index < -0.39 is 16.9 Å². The Labute approximate surface area is 166 Å². The SMILES string of the molecule is CCCOc1ccc(NC(=O)C(C)Oc2ccc(Cl)cc2Cl)c([N+](=O)[O-])c1. The summed E-state index contributed by atoms with van der Waals surface area (Å²) >= 11 is 11.8. The van der Waals surface area contributed by atoms with Gasteiger partial charge in [0.1, 0.15) is 17.2 Å². The highest BCUT2D eigenvalue weighted by atomic mass is 35.5. The molecule has 0 fully saturated rings. The first kappa shape index (κ1) is 20.8. The third kappa shape index (κ3) is 5.74. The Bertz CT molecular complexity index is 844. The molecule has 0 heterocycles. The van der Waals surface area contributed by atoms with Crippen molar-refractivity contribution < 1.29 is 19.2 Å². The number of ether oxygens (including phenoxy) is 2. The lowest BCUT2D eigenvalue weighted by Gasteiger charge is -2.16. The Morgan fingerprint density at radius 3 is 2.63 bits per heavy atom. The van der Waals surface area contributed by atoms with Crippen molar-refractivity contribution in [3.8, 4) is 11.5 Å². The van der Waals surface area contributed by atoms with Crippen LogP contribution >= 0.6 is 23.2 Å². The molecule has 0 saturated heterocycles. The summed E-state index contributed by atoms with van der Waals surface area (Å²) in [5, 5.41) is 14.5. The molecular weight excluding hydrogens is 395 g/mol. The van der Waals surface area contributed by atoms with E-state index in [4.69, 9.17) is 32.7 Å². The zero-order chi connectivity index (χ0) is 20.0. The summed E-state index contributed by atoms with van der Waals surface area (Å²) < 4.78 is 10.9. The lowest BCUT2D eigenvalue weighted by atomic mass is 10.2. The maximum atomic E-state index is 12.4. The van der Waals surface area contributed by atoms with Crippen molar-refractivity contribution in [1.82, 2.24) is 0 Å². The highest BCUT2D eigenvalue weighted by Crippen LogP contribution is 2.31. The second-order valence-corrected chi connectivity index (χ2v) is 6.45. The number of hydrogen-bond acceptors (Lipinski definition) is 5. The molecule has 0 aliphatic carbocycles. The minimum absolute atomic E-state index is 0.0477. The fraction of sp³-hybridized carbons (Fsp3) is 0.278. The number of nitrogens with zero attached hydrogens (tertiary/aromatic N) is 1. The second kappa shape index (κ2) is 9.43. The van der Waals surface area contributed by atoms with Crippen molar-refractivity contribution in [3.05, 3.63) is 56.6 Å². The van der Waals surface area contributed by atoms with Crippen molar-refractivity contribution in [1.29, 1.82) is 0 Å². The number of halogens is 2. The minimum Gasteiger partial charge on any atom is -0.493 e. The number of nitro benzene ring substituents is 1. The average molecular weight is 413 g/mol. The Morgan fingerprint density at radius 2 is 2.00 bits per heavy atom. The Kier molecular flexibility index (Phi) is 7.27. The third-order valence-corrected chi connectivity index (χ3v) is 3.99. The molecule has 0 aliphatic heterocycles. The molecule has 1 atom stereocenters. The van der Waals surface area contributed by atoms with Crippen LogP contribution in [0.4, 0.5) is 11.4 Å². The van der Waals surface area contributed by atoms with E-state index in [1.54, 1.807) is 12.1 Å². The van der Waals surface area contributed by atoms with E-state index in [0.29, 0.717) is 17.4 Å². The first-order valence-electron chi connectivity index (χ1n) is 8.15. The van der Waals surface area contributed by atoms with Crippen LogP contribution in [0, 0.1) is 10.1 Å². The molecule has 0 saturated carbocycles. The second-order valence-electron chi connectivity index (χ2n) is 5.61. The first-order chi connectivity index (χ1) is 12.8. The van der Waals surface area contributed by atoms with Crippen LogP contribution in [0.1, 0.15) is 20.3 Å². The van der Waals surface area contributed by atoms with Gasteiger partial charge in [-0.2, -0.15) is 0 Å². The number of benzene rings is 2. The van der Waals surface area contributed by atoms with Gasteiger partial charge in [0, 0.05) is 5.02 Å². The molecule has 1 amide bonds. The van der Waals surface area contributed by atoms with E-state index in [2.05, 4.69) is 5.32 Å². The normalized spacial score (nSPS) is 11.6. The van der Waals surface area contributed by atoms with Crippen molar-refractivity contribution in [3.63, 3.8) is 0 Å². The van der Waals surface area contributed by atoms with Crippen LogP contribution in [0.25, 0.3) is 0 Å². The Morgan fingerprint density at radius 1 is 1.26 bits per heavy atom. The number of rotatable bonds is 8. The highest BCUT2D eigenvalue weighted by molar-refractivity contribution is 6.35. The molecule has 2 rings (SSSR count). The Hall–Kier alpha value is -2.51. The van der Waals surface area contributed by atoms with Crippen molar-refractivity contribution in [2.45, 2.75) is 26.4 Å². The molecule has 0 radical (unpaired) electrons. The van der Waals surface area contributed by atoms with Gasteiger partial charge in [0.25, 0.3) is 11.6 Å². The quantitative estimate of drug-likeness (QED) is 0.481. The summed E-state index contributed by atoms with van der Waals surface area (Å²) in [6.45, 7) is 3.87. The predicted molar refractivity (Wildman–Crippen MR) is 104 cm³/mol. The van der Waals surface area contributed by atoms with Gasteiger partial charge in [-0.05, 0) is 43.7 Å². The molecule has 0 aliphatic rings. The molecule has 1 N–H and O–H groups in total. The van der Waals surface area contributed by atoms with Crippen molar-refractivity contribution in [2.24, 2.45) is 0 Å². The molecule has 0 bridgehead atoms. The van der Waals surface area contributed by atoms with Crippen LogP contribution < -0.4 is 14.8 Å². The van der Waals surface area contributed by atoms with E-state index in [-0.39, 0.29) is 22.1 Å². The van der Waals surface area contributed by atoms with Gasteiger partial charge >= 0.3 is 0 Å². The van der Waals surface area contributed by atoms with Crippen LogP contribution in [-0.2, 0) is 4.79 Å². The van der Waals surface area contributed by atoms with E-state index in [0.717, 1.165) is 6.42 Å². The number of carbonyl (C=O) groups is 1. The standard InChI is InChI=1S/C18H18Cl2N2O5/c1-3-8-26-13-5-6-15(16(10-13)22(24)25)21-18(23)11(2)27-17-7-4-12(19)9-14(17)20/h4-7,9-11H,3,8H2,1-2H3,(H,21,23). The molecule has 2 aromatic carbocycles. The molecule has 9 heteroatoms. The fourth-order valence-electron chi connectivity index (χ4n) is 2.13.